The Morgan fingerprint density at radius 3 is 2.54 bits per heavy atom. The van der Waals surface area contributed by atoms with E-state index in [0.29, 0.717) is 17.6 Å². The van der Waals surface area contributed by atoms with Gasteiger partial charge in [0.2, 0.25) is 0 Å². The van der Waals surface area contributed by atoms with Crippen LogP contribution in [-0.4, -0.2) is 49.1 Å². The van der Waals surface area contributed by atoms with Crippen LogP contribution in [0.1, 0.15) is 41.8 Å². The number of hydrogen-bond acceptors (Lipinski definition) is 5. The highest BCUT2D eigenvalue weighted by molar-refractivity contribution is 9.10. The lowest BCUT2D eigenvalue weighted by Crippen LogP contribution is -2.44. The lowest BCUT2D eigenvalue weighted by atomic mass is 10.0. The van der Waals surface area contributed by atoms with Gasteiger partial charge in [0.15, 0.2) is 5.76 Å². The molecule has 0 spiro atoms. The van der Waals surface area contributed by atoms with E-state index in [1.807, 2.05) is 36.4 Å². The number of nitrogens with zero attached hydrogens (tertiary/aromatic N) is 1. The molecule has 0 bridgehead atoms. The molecular weight excluding hydrogens is 506 g/mol. The van der Waals surface area contributed by atoms with E-state index in [-0.39, 0.29) is 11.9 Å². The summed E-state index contributed by atoms with van der Waals surface area (Å²) in [7, 11) is 0. The summed E-state index contributed by atoms with van der Waals surface area (Å²) in [5.41, 5.74) is 2.23. The van der Waals surface area contributed by atoms with Gasteiger partial charge in [0.25, 0.3) is 5.91 Å². The van der Waals surface area contributed by atoms with Crippen LogP contribution >= 0.6 is 15.9 Å². The average molecular weight is 538 g/mol. The summed E-state index contributed by atoms with van der Waals surface area (Å²) in [6, 6.07) is 20.0. The van der Waals surface area contributed by atoms with E-state index in [2.05, 4.69) is 49.7 Å². The molecule has 0 aliphatic carbocycles. The molecule has 5 rings (SSSR count). The maximum Gasteiger partial charge on any atom is 0.287 e. The number of furan rings is 1. The largest absolute Gasteiger partial charge is 0.489 e. The molecule has 35 heavy (non-hydrogen) atoms. The summed E-state index contributed by atoms with van der Waals surface area (Å²) in [6.07, 6.45) is 4.24. The van der Waals surface area contributed by atoms with Crippen molar-refractivity contribution in [3.63, 3.8) is 0 Å². The van der Waals surface area contributed by atoms with Gasteiger partial charge in [0.1, 0.15) is 17.6 Å². The summed E-state index contributed by atoms with van der Waals surface area (Å²) < 4.78 is 13.0. The average Bonchev–Trinajstić information content (AvgIpc) is 3.39. The maximum absolute atomic E-state index is 12.7. The number of rotatable bonds is 7. The summed E-state index contributed by atoms with van der Waals surface area (Å²) >= 11 is 3.70. The Hall–Kier alpha value is -2.61. The van der Waals surface area contributed by atoms with Gasteiger partial charge in [0, 0.05) is 31.2 Å². The standard InChI is InChI=1S/C28H32BrN3O3/c29-24-18-20(6-7-26(24)34-23-10-14-30-15-11-23)19-32-16-12-22(13-17-32)31-28(33)27-9-8-25(35-27)21-4-2-1-3-5-21/h1-9,18,22-23,30H,10-17,19H2,(H,31,33). The number of hydrogen-bond donors (Lipinski definition) is 2. The fourth-order valence-electron chi connectivity index (χ4n) is 4.80. The number of ether oxygens (including phenoxy) is 1. The number of benzene rings is 2. The van der Waals surface area contributed by atoms with Crippen LogP contribution in [0.3, 0.4) is 0 Å². The van der Waals surface area contributed by atoms with Gasteiger partial charge in [-0.1, -0.05) is 36.4 Å². The van der Waals surface area contributed by atoms with Gasteiger partial charge in [-0.2, -0.15) is 0 Å². The molecule has 184 valence electrons. The van der Waals surface area contributed by atoms with E-state index in [1.165, 1.54) is 5.56 Å². The molecule has 7 heteroatoms. The van der Waals surface area contributed by atoms with Gasteiger partial charge >= 0.3 is 0 Å². The second kappa shape index (κ2) is 11.4. The van der Waals surface area contributed by atoms with Crippen molar-refractivity contribution in [3.05, 3.63) is 76.5 Å². The summed E-state index contributed by atoms with van der Waals surface area (Å²) in [5, 5.41) is 6.53. The van der Waals surface area contributed by atoms with Crippen LogP contribution in [0.5, 0.6) is 5.75 Å². The van der Waals surface area contributed by atoms with Crippen LogP contribution < -0.4 is 15.4 Å². The van der Waals surface area contributed by atoms with Crippen molar-refractivity contribution in [1.29, 1.82) is 0 Å². The zero-order valence-corrected chi connectivity index (χ0v) is 21.4. The number of likely N-dealkylation sites (tertiary alicyclic amines) is 1. The number of amides is 1. The zero-order chi connectivity index (χ0) is 24.0. The second-order valence-corrected chi connectivity index (χ2v) is 10.2. The highest BCUT2D eigenvalue weighted by atomic mass is 79.9. The first-order valence-corrected chi connectivity index (χ1v) is 13.3. The normalized spacial score (nSPS) is 17.9. The van der Waals surface area contributed by atoms with Crippen LogP contribution in [0.4, 0.5) is 0 Å². The number of piperidine rings is 2. The van der Waals surface area contributed by atoms with Gasteiger partial charge in [-0.25, -0.2) is 0 Å². The third kappa shape index (κ3) is 6.34. The zero-order valence-electron chi connectivity index (χ0n) is 19.8. The van der Waals surface area contributed by atoms with Crippen molar-refractivity contribution in [3.8, 4) is 17.1 Å². The fourth-order valence-corrected chi connectivity index (χ4v) is 5.32. The molecule has 1 aromatic heterocycles. The second-order valence-electron chi connectivity index (χ2n) is 9.39. The SMILES string of the molecule is O=C(NC1CCN(Cc2ccc(OC3CCNCC3)c(Br)c2)CC1)c1ccc(-c2ccccc2)o1. The highest BCUT2D eigenvalue weighted by Gasteiger charge is 2.23. The minimum Gasteiger partial charge on any atom is -0.489 e. The van der Waals surface area contributed by atoms with Gasteiger partial charge in [-0.05, 0) is 84.5 Å². The van der Waals surface area contributed by atoms with Crippen LogP contribution in [-0.2, 0) is 6.54 Å². The monoisotopic (exact) mass is 537 g/mol. The van der Waals surface area contributed by atoms with Crippen LogP contribution in [0.15, 0.2) is 69.6 Å². The van der Waals surface area contributed by atoms with E-state index in [9.17, 15) is 4.79 Å². The van der Waals surface area contributed by atoms with Crippen molar-refractivity contribution >= 4 is 21.8 Å². The van der Waals surface area contributed by atoms with E-state index in [0.717, 1.165) is 74.2 Å². The molecular formula is C28H32BrN3O3. The highest BCUT2D eigenvalue weighted by Crippen LogP contribution is 2.29. The topological polar surface area (TPSA) is 66.7 Å². The minimum absolute atomic E-state index is 0.140. The van der Waals surface area contributed by atoms with Gasteiger partial charge in [-0.15, -0.1) is 0 Å². The number of carbonyl (C=O) groups is 1. The molecule has 3 aromatic rings. The Morgan fingerprint density at radius 2 is 1.80 bits per heavy atom. The number of carbonyl (C=O) groups excluding carboxylic acids is 1. The Labute approximate surface area is 215 Å². The lowest BCUT2D eigenvalue weighted by molar-refractivity contribution is 0.0882. The maximum atomic E-state index is 12.7. The predicted octanol–water partition coefficient (Wildman–Crippen LogP) is 5.23. The number of halogens is 1. The van der Waals surface area contributed by atoms with Crippen LogP contribution in [0.25, 0.3) is 11.3 Å². The predicted molar refractivity (Wildman–Crippen MR) is 141 cm³/mol. The number of nitrogens with one attached hydrogen (secondary N) is 2. The van der Waals surface area contributed by atoms with E-state index in [4.69, 9.17) is 9.15 Å². The van der Waals surface area contributed by atoms with E-state index >= 15 is 0 Å². The van der Waals surface area contributed by atoms with Gasteiger partial charge in [-0.3, -0.25) is 9.69 Å². The molecule has 1 amide bonds. The third-order valence-electron chi connectivity index (χ3n) is 6.79. The first-order chi connectivity index (χ1) is 17.1. The summed E-state index contributed by atoms with van der Waals surface area (Å²) in [5.74, 6) is 1.86. The van der Waals surface area contributed by atoms with Gasteiger partial charge in [0.05, 0.1) is 4.47 Å². The molecule has 2 aromatic carbocycles. The first-order valence-electron chi connectivity index (χ1n) is 12.5. The van der Waals surface area contributed by atoms with Crippen molar-refractivity contribution < 1.29 is 13.9 Å². The molecule has 0 atom stereocenters. The molecule has 2 N–H and O–H groups in total. The quantitative estimate of drug-likeness (QED) is 0.431. The van der Waals surface area contributed by atoms with Crippen molar-refractivity contribution in [2.24, 2.45) is 0 Å². The fraction of sp³-hybridized carbons (Fsp3) is 0.393. The Morgan fingerprint density at radius 1 is 1.03 bits per heavy atom. The summed E-state index contributed by atoms with van der Waals surface area (Å²) in [6.45, 7) is 4.83. The van der Waals surface area contributed by atoms with E-state index < -0.39 is 0 Å². The third-order valence-corrected chi connectivity index (χ3v) is 7.41. The van der Waals surface area contributed by atoms with Crippen molar-refractivity contribution in [2.45, 2.75) is 44.4 Å². The van der Waals surface area contributed by atoms with Gasteiger partial charge < -0.3 is 19.8 Å². The smallest absolute Gasteiger partial charge is 0.287 e. The molecule has 3 heterocycles. The summed E-state index contributed by atoms with van der Waals surface area (Å²) in [4.78, 5) is 15.1. The molecule has 6 nitrogen and oxygen atoms in total. The molecule has 0 radical (unpaired) electrons. The van der Waals surface area contributed by atoms with Crippen LogP contribution in [0, 0.1) is 0 Å². The Balaban J connectivity index is 1.09. The molecule has 2 fully saturated rings. The minimum atomic E-state index is -0.140. The van der Waals surface area contributed by atoms with Crippen molar-refractivity contribution in [1.82, 2.24) is 15.5 Å². The molecule has 0 unspecified atom stereocenters. The lowest BCUT2D eigenvalue weighted by Gasteiger charge is -2.32. The molecule has 2 saturated heterocycles. The Kier molecular flexibility index (Phi) is 7.86. The molecule has 2 aliphatic heterocycles. The first kappa shape index (κ1) is 24.1. The molecule has 0 saturated carbocycles. The van der Waals surface area contributed by atoms with Crippen molar-refractivity contribution in [2.75, 3.05) is 26.2 Å². The Bertz CT molecular complexity index is 1120. The molecule has 2 aliphatic rings. The van der Waals surface area contributed by atoms with Crippen LogP contribution in [0.2, 0.25) is 0 Å². The van der Waals surface area contributed by atoms with E-state index in [1.54, 1.807) is 6.07 Å².